The Morgan fingerprint density at radius 1 is 1.00 bits per heavy atom. The van der Waals surface area contributed by atoms with E-state index < -0.39 is 17.7 Å². The maximum absolute atomic E-state index is 11.9. The van der Waals surface area contributed by atoms with Crippen LogP contribution in [0, 0.1) is 0 Å². The molecule has 1 heterocycles. The molecule has 0 spiro atoms. The minimum absolute atomic E-state index is 0.270. The second kappa shape index (κ2) is 7.53. The number of nitrogens with one attached hydrogen (secondary N) is 2. The summed E-state index contributed by atoms with van der Waals surface area (Å²) in [7, 11) is 0. The van der Waals surface area contributed by atoms with E-state index in [0.717, 1.165) is 31.4 Å². The van der Waals surface area contributed by atoms with Gasteiger partial charge in [-0.05, 0) is 54.7 Å². The summed E-state index contributed by atoms with van der Waals surface area (Å²) in [4.78, 5) is 39.2. The molecule has 1 aromatic carbocycles. The molecule has 0 atom stereocenters. The van der Waals surface area contributed by atoms with Gasteiger partial charge in [0.25, 0.3) is 11.8 Å². The summed E-state index contributed by atoms with van der Waals surface area (Å²) in [5.74, 6) is -1.67. The zero-order chi connectivity index (χ0) is 17.6. The van der Waals surface area contributed by atoms with Crippen LogP contribution in [0.4, 0.5) is 5.69 Å². The lowest BCUT2D eigenvalue weighted by Crippen LogP contribution is -2.29. The molecule has 126 valence electrons. The topological polar surface area (TPSA) is 88.2 Å². The fourth-order valence-electron chi connectivity index (χ4n) is 2.71. The molecule has 2 aromatic rings. The number of hydrogen-bond acceptors (Lipinski definition) is 4. The molecule has 0 saturated carbocycles. The van der Waals surface area contributed by atoms with Gasteiger partial charge in [0.05, 0.1) is 5.56 Å². The number of fused-ring (bicyclic) bond motifs is 1. The van der Waals surface area contributed by atoms with Gasteiger partial charge < -0.3 is 5.32 Å². The van der Waals surface area contributed by atoms with E-state index in [-0.39, 0.29) is 5.56 Å². The summed E-state index contributed by atoms with van der Waals surface area (Å²) in [6.45, 7) is 0. The summed E-state index contributed by atoms with van der Waals surface area (Å²) in [5, 5.41) is 4.88. The third kappa shape index (κ3) is 4.38. The van der Waals surface area contributed by atoms with Crippen LogP contribution in [-0.4, -0.2) is 22.7 Å². The molecule has 3 rings (SSSR count). The zero-order valence-corrected chi connectivity index (χ0v) is 13.5. The van der Waals surface area contributed by atoms with Crippen LogP contribution in [0.2, 0.25) is 0 Å². The molecule has 6 heteroatoms. The van der Waals surface area contributed by atoms with Crippen molar-refractivity contribution in [1.29, 1.82) is 0 Å². The Hall–Kier alpha value is -3.28. The van der Waals surface area contributed by atoms with Gasteiger partial charge in [-0.25, -0.2) is 0 Å². The third-order valence-corrected chi connectivity index (χ3v) is 3.91. The number of nitrogens with zero attached hydrogens (tertiary/aromatic N) is 1. The normalized spacial score (nSPS) is 12.6. The van der Waals surface area contributed by atoms with Crippen molar-refractivity contribution in [2.24, 2.45) is 0 Å². The van der Waals surface area contributed by atoms with Crippen molar-refractivity contribution >= 4 is 23.4 Å². The van der Waals surface area contributed by atoms with Gasteiger partial charge in [0.2, 0.25) is 5.91 Å². The van der Waals surface area contributed by atoms with Gasteiger partial charge >= 0.3 is 0 Å². The molecular weight excluding hydrogens is 318 g/mol. The minimum atomic E-state index is -0.669. The van der Waals surface area contributed by atoms with Crippen molar-refractivity contribution in [2.45, 2.75) is 19.3 Å². The van der Waals surface area contributed by atoms with E-state index in [2.05, 4.69) is 15.6 Å². The molecule has 0 unspecified atom stereocenters. The number of aryl methyl sites for hydroxylation is 2. The van der Waals surface area contributed by atoms with Crippen LogP contribution in [0.3, 0.4) is 0 Å². The quantitative estimate of drug-likeness (QED) is 0.837. The molecule has 6 nitrogen and oxygen atoms in total. The van der Waals surface area contributed by atoms with Gasteiger partial charge in [-0.1, -0.05) is 6.07 Å². The van der Waals surface area contributed by atoms with Crippen molar-refractivity contribution in [3.05, 3.63) is 71.6 Å². The highest BCUT2D eigenvalue weighted by Gasteiger charge is 2.11. The number of imide groups is 1. The highest BCUT2D eigenvalue weighted by atomic mass is 16.2. The first-order valence-electron chi connectivity index (χ1n) is 7.98. The molecule has 0 fully saturated rings. The number of anilines is 1. The van der Waals surface area contributed by atoms with Crippen molar-refractivity contribution < 1.29 is 14.4 Å². The maximum Gasteiger partial charge on any atom is 0.259 e. The fraction of sp³-hybridized carbons (Fsp3) is 0.158. The monoisotopic (exact) mass is 335 g/mol. The second-order valence-electron chi connectivity index (χ2n) is 5.72. The molecule has 0 radical (unpaired) electrons. The fourth-order valence-corrected chi connectivity index (χ4v) is 2.71. The van der Waals surface area contributed by atoms with Crippen molar-refractivity contribution in [1.82, 2.24) is 10.3 Å². The van der Waals surface area contributed by atoms with E-state index in [1.54, 1.807) is 12.1 Å². The first kappa shape index (κ1) is 16.6. The van der Waals surface area contributed by atoms with Crippen LogP contribution in [-0.2, 0) is 22.4 Å². The van der Waals surface area contributed by atoms with Gasteiger partial charge in [0.15, 0.2) is 0 Å². The Kier molecular flexibility index (Phi) is 4.99. The Morgan fingerprint density at radius 2 is 1.80 bits per heavy atom. The summed E-state index contributed by atoms with van der Waals surface area (Å²) in [5.41, 5.74) is 3.54. The summed E-state index contributed by atoms with van der Waals surface area (Å²) in [6, 6.07) is 8.96. The smallest absolute Gasteiger partial charge is 0.259 e. The van der Waals surface area contributed by atoms with E-state index in [4.69, 9.17) is 0 Å². The van der Waals surface area contributed by atoms with Crippen LogP contribution in [0.1, 0.15) is 27.9 Å². The van der Waals surface area contributed by atoms with E-state index in [1.807, 2.05) is 18.2 Å². The molecule has 1 aliphatic rings. The van der Waals surface area contributed by atoms with Gasteiger partial charge in [0, 0.05) is 30.2 Å². The Labute approximate surface area is 145 Å². The third-order valence-electron chi connectivity index (χ3n) is 3.91. The number of rotatable bonds is 4. The molecule has 0 aliphatic heterocycles. The van der Waals surface area contributed by atoms with Crippen molar-refractivity contribution in [2.75, 3.05) is 5.32 Å². The molecule has 1 aliphatic carbocycles. The van der Waals surface area contributed by atoms with Gasteiger partial charge in [0.1, 0.15) is 0 Å². The first-order chi connectivity index (χ1) is 12.1. The summed E-state index contributed by atoms with van der Waals surface area (Å²) >= 11 is 0. The average Bonchev–Trinajstić information content (AvgIpc) is 3.08. The Morgan fingerprint density at radius 3 is 2.60 bits per heavy atom. The van der Waals surface area contributed by atoms with Crippen LogP contribution < -0.4 is 10.6 Å². The molecule has 2 N–H and O–H groups in total. The first-order valence-corrected chi connectivity index (χ1v) is 7.98. The second-order valence-corrected chi connectivity index (χ2v) is 5.72. The lowest BCUT2D eigenvalue weighted by molar-refractivity contribution is -0.116. The average molecular weight is 335 g/mol. The number of carbonyl (C=O) groups is 3. The van der Waals surface area contributed by atoms with Crippen LogP contribution in [0.15, 0.2) is 54.9 Å². The Bertz CT molecular complexity index is 844. The minimum Gasteiger partial charge on any atom is -0.323 e. The molecule has 25 heavy (non-hydrogen) atoms. The molecule has 3 amide bonds. The number of carbonyl (C=O) groups excluding carboxylic acids is 3. The summed E-state index contributed by atoms with van der Waals surface area (Å²) in [6.07, 6.45) is 8.24. The largest absolute Gasteiger partial charge is 0.323 e. The van der Waals surface area contributed by atoms with E-state index >= 15 is 0 Å². The number of hydrogen-bond donors (Lipinski definition) is 2. The molecule has 0 saturated heterocycles. The lowest BCUT2D eigenvalue weighted by atomic mass is 10.1. The van der Waals surface area contributed by atoms with Gasteiger partial charge in [-0.2, -0.15) is 0 Å². The van der Waals surface area contributed by atoms with Crippen molar-refractivity contribution in [3.8, 4) is 0 Å². The molecule has 1 aromatic heterocycles. The van der Waals surface area contributed by atoms with Crippen LogP contribution in [0.5, 0.6) is 0 Å². The van der Waals surface area contributed by atoms with Gasteiger partial charge in [-0.3, -0.25) is 24.7 Å². The number of pyridine rings is 1. The number of benzene rings is 1. The summed E-state index contributed by atoms with van der Waals surface area (Å²) < 4.78 is 0. The number of aromatic nitrogens is 1. The Balaban J connectivity index is 1.53. The van der Waals surface area contributed by atoms with Gasteiger partial charge in [-0.15, -0.1) is 0 Å². The van der Waals surface area contributed by atoms with Crippen LogP contribution in [0.25, 0.3) is 0 Å². The molecule has 0 bridgehead atoms. The van der Waals surface area contributed by atoms with E-state index in [1.165, 1.54) is 23.5 Å². The molecular formula is C19H17N3O3. The maximum atomic E-state index is 11.9. The predicted molar refractivity (Wildman–Crippen MR) is 92.9 cm³/mol. The highest BCUT2D eigenvalue weighted by Crippen LogP contribution is 2.24. The number of amides is 3. The van der Waals surface area contributed by atoms with Crippen molar-refractivity contribution in [3.63, 3.8) is 0 Å². The SMILES string of the molecule is O=C(/C=C/C(=O)Nc1ccc2c(c1)CCC2)NC(=O)c1cccnc1. The lowest BCUT2D eigenvalue weighted by Gasteiger charge is -2.05. The highest BCUT2D eigenvalue weighted by molar-refractivity contribution is 6.10. The zero-order valence-electron chi connectivity index (χ0n) is 13.5. The van der Waals surface area contributed by atoms with Crippen LogP contribution >= 0.6 is 0 Å². The van der Waals surface area contributed by atoms with E-state index in [9.17, 15) is 14.4 Å². The van der Waals surface area contributed by atoms with E-state index in [0.29, 0.717) is 5.69 Å². The standard InChI is InChI=1S/C19H17N3O3/c23-17(21-16-7-6-13-3-1-4-14(13)11-16)8-9-18(24)22-19(25)15-5-2-10-20-12-15/h2,5-12H,1,3-4H2,(H,21,23)(H,22,24,25)/b9-8+. The predicted octanol–water partition coefficient (Wildman–Crippen LogP) is 2.02.